The zero-order valence-electron chi connectivity index (χ0n) is 21.1. The van der Waals surface area contributed by atoms with Crippen LogP contribution in [0.1, 0.15) is 61.1 Å². The molecule has 2 amide bonds. The van der Waals surface area contributed by atoms with Crippen LogP contribution in [0.2, 0.25) is 0 Å². The number of nitrogens with one attached hydrogen (secondary N) is 3. The molecule has 37 heavy (non-hydrogen) atoms. The molecule has 9 heteroatoms. The van der Waals surface area contributed by atoms with E-state index in [0.29, 0.717) is 28.7 Å². The molecule has 1 heterocycles. The van der Waals surface area contributed by atoms with E-state index in [9.17, 15) is 22.8 Å². The number of aryl methyl sites for hydroxylation is 1. The predicted octanol–water partition coefficient (Wildman–Crippen LogP) is 6.31. The normalized spacial score (nSPS) is 18.0. The van der Waals surface area contributed by atoms with Crippen LogP contribution in [0.15, 0.2) is 48.5 Å². The van der Waals surface area contributed by atoms with E-state index in [0.717, 1.165) is 30.9 Å². The molecule has 3 N–H and O–H groups in total. The van der Waals surface area contributed by atoms with Gasteiger partial charge < -0.3 is 16.0 Å². The molecule has 6 nitrogen and oxygen atoms in total. The summed E-state index contributed by atoms with van der Waals surface area (Å²) in [5.41, 5.74) is 1.66. The van der Waals surface area contributed by atoms with Gasteiger partial charge in [0.2, 0.25) is 5.91 Å². The van der Waals surface area contributed by atoms with Gasteiger partial charge in [-0.2, -0.15) is 13.2 Å². The summed E-state index contributed by atoms with van der Waals surface area (Å²) in [6.45, 7) is 5.47. The third-order valence-corrected chi connectivity index (χ3v) is 6.54. The lowest BCUT2D eigenvalue weighted by Gasteiger charge is -2.31. The predicted molar refractivity (Wildman–Crippen MR) is 139 cm³/mol. The molecule has 0 spiro atoms. The third kappa shape index (κ3) is 6.58. The van der Waals surface area contributed by atoms with Crippen molar-refractivity contribution >= 4 is 34.1 Å². The van der Waals surface area contributed by atoms with Crippen molar-refractivity contribution < 1.29 is 22.8 Å². The fourth-order valence-electron chi connectivity index (χ4n) is 4.57. The van der Waals surface area contributed by atoms with Crippen molar-refractivity contribution in [2.45, 2.75) is 64.7 Å². The highest BCUT2D eigenvalue weighted by Crippen LogP contribution is 2.34. The molecular weight excluding hydrogens is 481 g/mol. The number of amides is 2. The quantitative estimate of drug-likeness (QED) is 0.362. The summed E-state index contributed by atoms with van der Waals surface area (Å²) in [7, 11) is 0. The summed E-state index contributed by atoms with van der Waals surface area (Å²) in [5, 5.41) is 9.79. The highest BCUT2D eigenvalue weighted by Gasteiger charge is 2.34. The Bertz CT molecular complexity index is 1310. The molecule has 1 aliphatic carbocycles. The molecule has 2 atom stereocenters. The number of hydrogen-bond acceptors (Lipinski definition) is 4. The van der Waals surface area contributed by atoms with Gasteiger partial charge in [-0.3, -0.25) is 9.59 Å². The third-order valence-electron chi connectivity index (χ3n) is 6.54. The number of hydrogen-bond donors (Lipinski definition) is 3. The highest BCUT2D eigenvalue weighted by molar-refractivity contribution is 5.97. The zero-order chi connectivity index (χ0) is 26.7. The number of halogens is 3. The van der Waals surface area contributed by atoms with Gasteiger partial charge in [-0.1, -0.05) is 31.5 Å². The molecule has 4 rings (SSSR count). The maximum Gasteiger partial charge on any atom is 0.433 e. The fourth-order valence-corrected chi connectivity index (χ4v) is 4.57. The monoisotopic (exact) mass is 512 g/mol. The van der Waals surface area contributed by atoms with Gasteiger partial charge >= 0.3 is 6.18 Å². The second-order valence-corrected chi connectivity index (χ2v) is 9.98. The summed E-state index contributed by atoms with van der Waals surface area (Å²) in [6, 6.07) is 12.8. The number of fused-ring (bicyclic) bond motifs is 1. The molecule has 0 aliphatic heterocycles. The Morgan fingerprint density at radius 2 is 1.78 bits per heavy atom. The first-order valence-electron chi connectivity index (χ1n) is 12.5. The number of anilines is 2. The van der Waals surface area contributed by atoms with Crippen molar-refractivity contribution in [3.63, 3.8) is 0 Å². The van der Waals surface area contributed by atoms with Crippen molar-refractivity contribution in [1.82, 2.24) is 10.3 Å². The Hall–Kier alpha value is -3.62. The molecule has 0 bridgehead atoms. The first-order chi connectivity index (χ1) is 17.5. The Balaban J connectivity index is 1.47. The first kappa shape index (κ1) is 26.4. The van der Waals surface area contributed by atoms with Gasteiger partial charge in [0.1, 0.15) is 5.69 Å². The van der Waals surface area contributed by atoms with Crippen molar-refractivity contribution in [2.24, 2.45) is 5.92 Å². The second kappa shape index (κ2) is 10.8. The molecule has 0 radical (unpaired) electrons. The minimum atomic E-state index is -4.55. The van der Waals surface area contributed by atoms with Gasteiger partial charge in [-0.25, -0.2) is 4.98 Å². The number of carbonyl (C=O) groups is 2. The van der Waals surface area contributed by atoms with Gasteiger partial charge in [0.15, 0.2) is 0 Å². The minimum Gasteiger partial charge on any atom is -0.382 e. The molecule has 0 saturated heterocycles. The molecule has 3 aromatic rings. The van der Waals surface area contributed by atoms with E-state index in [1.54, 1.807) is 50.2 Å². The van der Waals surface area contributed by atoms with E-state index < -0.39 is 11.9 Å². The molecule has 1 aliphatic rings. The van der Waals surface area contributed by atoms with E-state index in [2.05, 4.69) is 20.9 Å². The van der Waals surface area contributed by atoms with Crippen molar-refractivity contribution in [1.29, 1.82) is 0 Å². The van der Waals surface area contributed by atoms with Gasteiger partial charge in [-0.05, 0) is 69.0 Å². The molecule has 0 unspecified atom stereocenters. The number of benzene rings is 2. The van der Waals surface area contributed by atoms with Crippen LogP contribution < -0.4 is 16.0 Å². The van der Waals surface area contributed by atoms with Crippen molar-refractivity contribution in [2.75, 3.05) is 10.6 Å². The van der Waals surface area contributed by atoms with Crippen LogP contribution in [0.3, 0.4) is 0 Å². The Morgan fingerprint density at radius 3 is 2.51 bits per heavy atom. The molecule has 2 aromatic carbocycles. The average molecular weight is 513 g/mol. The van der Waals surface area contributed by atoms with Crippen LogP contribution in [0.5, 0.6) is 0 Å². The maximum atomic E-state index is 13.5. The first-order valence-corrected chi connectivity index (χ1v) is 12.5. The molecule has 1 fully saturated rings. The van der Waals surface area contributed by atoms with Crippen LogP contribution in [0.4, 0.5) is 24.5 Å². The number of aromatic nitrogens is 1. The molecular formula is C28H31F3N4O2. The number of nitrogens with zero attached hydrogens (tertiary/aromatic N) is 1. The van der Waals surface area contributed by atoms with Gasteiger partial charge in [0, 0.05) is 40.3 Å². The maximum absolute atomic E-state index is 13.5. The molecule has 1 aromatic heterocycles. The average Bonchev–Trinajstić information content (AvgIpc) is 2.84. The lowest BCUT2D eigenvalue weighted by molar-refractivity contribution is -0.140. The van der Waals surface area contributed by atoms with E-state index in [1.165, 1.54) is 0 Å². The topological polar surface area (TPSA) is 83.1 Å². The van der Waals surface area contributed by atoms with E-state index in [-0.39, 0.29) is 35.3 Å². The van der Waals surface area contributed by atoms with E-state index >= 15 is 0 Å². The Kier molecular flexibility index (Phi) is 7.71. The molecule has 1 saturated carbocycles. The van der Waals surface area contributed by atoms with E-state index in [1.807, 2.05) is 13.0 Å². The lowest BCUT2D eigenvalue weighted by Crippen LogP contribution is -2.41. The summed E-state index contributed by atoms with van der Waals surface area (Å²) in [5.74, 6) is -0.570. The fraction of sp³-hybridized carbons (Fsp3) is 0.393. The summed E-state index contributed by atoms with van der Waals surface area (Å²) < 4.78 is 40.5. The highest BCUT2D eigenvalue weighted by atomic mass is 19.4. The van der Waals surface area contributed by atoms with Gasteiger partial charge in [0.05, 0.1) is 5.52 Å². The number of alkyl halides is 3. The Labute approximate surface area is 214 Å². The van der Waals surface area contributed by atoms with Crippen LogP contribution in [0, 0.1) is 12.8 Å². The van der Waals surface area contributed by atoms with Crippen LogP contribution in [-0.2, 0) is 11.0 Å². The minimum absolute atomic E-state index is 0.108. The van der Waals surface area contributed by atoms with Gasteiger partial charge in [0.25, 0.3) is 5.91 Å². The smallest absolute Gasteiger partial charge is 0.382 e. The summed E-state index contributed by atoms with van der Waals surface area (Å²) in [4.78, 5) is 28.7. The zero-order valence-corrected chi connectivity index (χ0v) is 21.1. The summed E-state index contributed by atoms with van der Waals surface area (Å²) in [6.07, 6.45) is -1.60. The molecule has 196 valence electrons. The van der Waals surface area contributed by atoms with E-state index in [4.69, 9.17) is 0 Å². The van der Waals surface area contributed by atoms with Crippen LogP contribution in [0.25, 0.3) is 10.9 Å². The lowest BCUT2D eigenvalue weighted by atomic mass is 9.90. The SMILES string of the molecule is Cc1ccc2nc(C(F)(F)F)cc(N[C@H]3CCC[C@@H](NC(=O)c4cccc(NC(=O)C(C)C)c4)C3)c2c1. The Morgan fingerprint density at radius 1 is 1.03 bits per heavy atom. The van der Waals surface area contributed by atoms with Crippen molar-refractivity contribution in [3.05, 3.63) is 65.4 Å². The number of rotatable bonds is 6. The van der Waals surface area contributed by atoms with Gasteiger partial charge in [-0.15, -0.1) is 0 Å². The van der Waals surface area contributed by atoms with Crippen LogP contribution in [-0.4, -0.2) is 28.9 Å². The standard InChI is InChI=1S/C28H31F3N4O2/c1-16(2)26(36)33-19-7-4-6-18(13-19)27(37)34-21-9-5-8-20(14-21)32-24-15-25(28(29,30)31)35-23-11-10-17(3)12-22(23)24/h4,6-7,10-13,15-16,20-21H,5,8-9,14H2,1-3H3,(H,32,35)(H,33,36)(H,34,37)/t20-,21+/m0/s1. The van der Waals surface area contributed by atoms with Crippen LogP contribution >= 0.6 is 0 Å². The van der Waals surface area contributed by atoms with Crippen molar-refractivity contribution in [3.8, 4) is 0 Å². The largest absolute Gasteiger partial charge is 0.433 e. The second-order valence-electron chi connectivity index (χ2n) is 9.98. The summed E-state index contributed by atoms with van der Waals surface area (Å²) >= 11 is 0. The number of pyridine rings is 1. The number of carbonyl (C=O) groups excluding carboxylic acids is 2.